The normalized spacial score (nSPS) is 13.0. The van der Waals surface area contributed by atoms with Gasteiger partial charge in [-0.3, -0.25) is 0 Å². The fourth-order valence-corrected chi connectivity index (χ4v) is 1.22. The van der Waals surface area contributed by atoms with E-state index in [4.69, 9.17) is 11.6 Å². The van der Waals surface area contributed by atoms with Crippen LogP contribution in [0.2, 0.25) is 5.02 Å². The number of rotatable bonds is 2. The van der Waals surface area contributed by atoms with Gasteiger partial charge in [0, 0.05) is 10.3 Å². The summed E-state index contributed by atoms with van der Waals surface area (Å²) in [6.07, 6.45) is 1.05. The standard InChI is InChI=1S/C9H11ClS/c1-2-9(11)7-3-5-8(10)6-4-7/h3-6,9,11H,2H2,1H3/t9-/m0/s1. The van der Waals surface area contributed by atoms with Crippen LogP contribution < -0.4 is 0 Å². The number of hydrogen-bond acceptors (Lipinski definition) is 1. The molecule has 1 rings (SSSR count). The van der Waals surface area contributed by atoms with E-state index in [9.17, 15) is 0 Å². The lowest BCUT2D eigenvalue weighted by Gasteiger charge is -2.06. The van der Waals surface area contributed by atoms with Crippen molar-refractivity contribution in [2.75, 3.05) is 0 Å². The summed E-state index contributed by atoms with van der Waals surface area (Å²) in [7, 11) is 0. The summed E-state index contributed by atoms with van der Waals surface area (Å²) in [5.74, 6) is 0. The fourth-order valence-electron chi connectivity index (χ4n) is 0.921. The molecule has 0 saturated carbocycles. The maximum absolute atomic E-state index is 5.73. The van der Waals surface area contributed by atoms with Crippen molar-refractivity contribution in [1.29, 1.82) is 0 Å². The minimum Gasteiger partial charge on any atom is -0.171 e. The molecule has 0 nitrogen and oxygen atoms in total. The van der Waals surface area contributed by atoms with E-state index >= 15 is 0 Å². The Morgan fingerprint density at radius 2 is 1.91 bits per heavy atom. The van der Waals surface area contributed by atoms with Crippen LogP contribution in [-0.4, -0.2) is 0 Å². The third kappa shape index (κ3) is 2.42. The van der Waals surface area contributed by atoms with Crippen molar-refractivity contribution in [3.05, 3.63) is 34.9 Å². The topological polar surface area (TPSA) is 0 Å². The third-order valence-electron chi connectivity index (χ3n) is 1.64. The first-order chi connectivity index (χ1) is 5.24. The van der Waals surface area contributed by atoms with Gasteiger partial charge in [0.1, 0.15) is 0 Å². The molecule has 0 unspecified atom stereocenters. The lowest BCUT2D eigenvalue weighted by Crippen LogP contribution is -1.86. The molecule has 2 heteroatoms. The van der Waals surface area contributed by atoms with Crippen molar-refractivity contribution < 1.29 is 0 Å². The van der Waals surface area contributed by atoms with Gasteiger partial charge in [0.25, 0.3) is 0 Å². The molecule has 0 radical (unpaired) electrons. The van der Waals surface area contributed by atoms with Gasteiger partial charge in [-0.05, 0) is 24.1 Å². The van der Waals surface area contributed by atoms with Gasteiger partial charge < -0.3 is 0 Å². The SMILES string of the molecule is CC[C@H](S)c1ccc(Cl)cc1. The summed E-state index contributed by atoms with van der Waals surface area (Å²) in [4.78, 5) is 0. The Balaban J connectivity index is 2.81. The van der Waals surface area contributed by atoms with Crippen LogP contribution in [0, 0.1) is 0 Å². The van der Waals surface area contributed by atoms with Crippen molar-refractivity contribution in [2.24, 2.45) is 0 Å². The number of hydrogen-bond donors (Lipinski definition) is 1. The summed E-state index contributed by atoms with van der Waals surface area (Å²) >= 11 is 10.1. The lowest BCUT2D eigenvalue weighted by atomic mass is 10.1. The average Bonchev–Trinajstić information content (AvgIpc) is 2.05. The average molecular weight is 187 g/mol. The van der Waals surface area contributed by atoms with Crippen LogP contribution in [0.3, 0.4) is 0 Å². The molecule has 0 aliphatic heterocycles. The second-order valence-corrected chi connectivity index (χ2v) is 3.54. The van der Waals surface area contributed by atoms with Crippen LogP contribution in [-0.2, 0) is 0 Å². The zero-order chi connectivity index (χ0) is 8.27. The number of thiol groups is 1. The van der Waals surface area contributed by atoms with Crippen molar-refractivity contribution >= 4 is 24.2 Å². The Kier molecular flexibility index (Phi) is 3.28. The van der Waals surface area contributed by atoms with Gasteiger partial charge >= 0.3 is 0 Å². The molecule has 0 bridgehead atoms. The predicted molar refractivity (Wildman–Crippen MR) is 53.5 cm³/mol. The van der Waals surface area contributed by atoms with E-state index in [1.54, 1.807) is 0 Å². The maximum atomic E-state index is 5.73. The first-order valence-corrected chi connectivity index (χ1v) is 4.57. The van der Waals surface area contributed by atoms with E-state index in [2.05, 4.69) is 19.6 Å². The second-order valence-electron chi connectivity index (χ2n) is 2.48. The minimum absolute atomic E-state index is 0.340. The Hall–Kier alpha value is -0.140. The van der Waals surface area contributed by atoms with Crippen LogP contribution in [0.1, 0.15) is 24.2 Å². The fraction of sp³-hybridized carbons (Fsp3) is 0.333. The molecule has 0 amide bonds. The van der Waals surface area contributed by atoms with Gasteiger partial charge in [-0.25, -0.2) is 0 Å². The highest BCUT2D eigenvalue weighted by Crippen LogP contribution is 2.23. The molecule has 1 aromatic rings. The Morgan fingerprint density at radius 3 is 2.36 bits per heavy atom. The Labute approximate surface area is 78.0 Å². The van der Waals surface area contributed by atoms with Crippen LogP contribution >= 0.6 is 24.2 Å². The lowest BCUT2D eigenvalue weighted by molar-refractivity contribution is 0.903. The van der Waals surface area contributed by atoms with Crippen LogP contribution in [0.25, 0.3) is 0 Å². The summed E-state index contributed by atoms with van der Waals surface area (Å²) in [5.41, 5.74) is 1.24. The number of halogens is 1. The van der Waals surface area contributed by atoms with E-state index in [-0.39, 0.29) is 0 Å². The quantitative estimate of drug-likeness (QED) is 0.669. The van der Waals surface area contributed by atoms with Gasteiger partial charge in [0.2, 0.25) is 0 Å². The minimum atomic E-state index is 0.340. The van der Waals surface area contributed by atoms with Crippen LogP contribution in [0.4, 0.5) is 0 Å². The molecule has 11 heavy (non-hydrogen) atoms. The zero-order valence-corrected chi connectivity index (χ0v) is 8.07. The van der Waals surface area contributed by atoms with Gasteiger partial charge in [-0.1, -0.05) is 30.7 Å². The maximum Gasteiger partial charge on any atom is 0.0406 e. The molecular weight excluding hydrogens is 176 g/mol. The molecular formula is C9H11ClS. The molecule has 0 heterocycles. The van der Waals surface area contributed by atoms with Gasteiger partial charge in [0.15, 0.2) is 0 Å². The van der Waals surface area contributed by atoms with E-state index in [0.29, 0.717) is 5.25 Å². The van der Waals surface area contributed by atoms with E-state index in [1.807, 2.05) is 24.3 Å². The third-order valence-corrected chi connectivity index (χ3v) is 2.56. The smallest absolute Gasteiger partial charge is 0.0406 e. The highest BCUT2D eigenvalue weighted by atomic mass is 35.5. The summed E-state index contributed by atoms with van der Waals surface area (Å²) in [5, 5.41) is 1.12. The van der Waals surface area contributed by atoms with Crippen LogP contribution in [0.15, 0.2) is 24.3 Å². The van der Waals surface area contributed by atoms with E-state index in [0.717, 1.165) is 11.4 Å². The molecule has 0 spiro atoms. The largest absolute Gasteiger partial charge is 0.171 e. The molecule has 1 atom stereocenters. The summed E-state index contributed by atoms with van der Waals surface area (Å²) in [6.45, 7) is 2.12. The first kappa shape index (κ1) is 8.95. The van der Waals surface area contributed by atoms with Gasteiger partial charge in [-0.2, -0.15) is 12.6 Å². The van der Waals surface area contributed by atoms with Gasteiger partial charge in [0.05, 0.1) is 0 Å². The molecule has 0 aromatic heterocycles. The molecule has 0 aliphatic rings. The summed E-state index contributed by atoms with van der Waals surface area (Å²) in [6, 6.07) is 7.83. The molecule has 60 valence electrons. The van der Waals surface area contributed by atoms with Crippen molar-refractivity contribution in [3.8, 4) is 0 Å². The summed E-state index contributed by atoms with van der Waals surface area (Å²) < 4.78 is 0. The molecule has 0 saturated heterocycles. The first-order valence-electron chi connectivity index (χ1n) is 3.67. The molecule has 1 aromatic carbocycles. The molecule has 0 aliphatic carbocycles. The van der Waals surface area contributed by atoms with Crippen molar-refractivity contribution in [2.45, 2.75) is 18.6 Å². The van der Waals surface area contributed by atoms with E-state index in [1.165, 1.54) is 5.56 Å². The number of benzene rings is 1. The zero-order valence-electron chi connectivity index (χ0n) is 6.42. The Bertz CT molecular complexity index is 218. The monoisotopic (exact) mass is 186 g/mol. The van der Waals surface area contributed by atoms with E-state index < -0.39 is 0 Å². The molecule has 0 N–H and O–H groups in total. The Morgan fingerprint density at radius 1 is 1.36 bits per heavy atom. The molecule has 0 fully saturated rings. The second kappa shape index (κ2) is 4.03. The van der Waals surface area contributed by atoms with Crippen molar-refractivity contribution in [1.82, 2.24) is 0 Å². The predicted octanol–water partition coefficient (Wildman–Crippen LogP) is 3.72. The van der Waals surface area contributed by atoms with Crippen molar-refractivity contribution in [3.63, 3.8) is 0 Å². The highest BCUT2D eigenvalue weighted by molar-refractivity contribution is 7.80. The van der Waals surface area contributed by atoms with Crippen LogP contribution in [0.5, 0.6) is 0 Å². The highest BCUT2D eigenvalue weighted by Gasteiger charge is 2.01. The van der Waals surface area contributed by atoms with Gasteiger partial charge in [-0.15, -0.1) is 0 Å².